The number of hydrogen-bond donors (Lipinski definition) is 1. The third-order valence-electron chi connectivity index (χ3n) is 4.49. The molecule has 1 aromatic heterocycles. The van der Waals surface area contributed by atoms with Crippen molar-refractivity contribution in [2.24, 2.45) is 5.41 Å². The van der Waals surface area contributed by atoms with E-state index in [1.807, 2.05) is 0 Å². The van der Waals surface area contributed by atoms with Crippen LogP contribution in [0.25, 0.3) is 0 Å². The van der Waals surface area contributed by atoms with Crippen LogP contribution in [0.4, 0.5) is 5.82 Å². The molecular weight excluding hydrogens is 242 g/mol. The van der Waals surface area contributed by atoms with E-state index in [0.717, 1.165) is 25.9 Å². The Morgan fingerprint density at radius 1 is 1.32 bits per heavy atom. The van der Waals surface area contributed by atoms with Crippen LogP contribution in [0.15, 0.2) is 12.4 Å². The van der Waals surface area contributed by atoms with E-state index < -0.39 is 5.97 Å². The second-order valence-electron chi connectivity index (χ2n) is 5.26. The number of nitrogens with zero attached hydrogens (tertiary/aromatic N) is 3. The van der Waals surface area contributed by atoms with Gasteiger partial charge in [0.05, 0.1) is 12.4 Å². The highest BCUT2D eigenvalue weighted by Crippen LogP contribution is 2.38. The van der Waals surface area contributed by atoms with E-state index >= 15 is 0 Å². The molecule has 5 heteroatoms. The van der Waals surface area contributed by atoms with E-state index in [2.05, 4.69) is 28.7 Å². The molecule has 1 saturated heterocycles. The zero-order chi connectivity index (χ0) is 13.9. The number of carboxylic acids is 1. The molecule has 0 amide bonds. The summed E-state index contributed by atoms with van der Waals surface area (Å²) in [5.74, 6) is -0.344. The molecule has 1 aliphatic heterocycles. The smallest absolute Gasteiger partial charge is 0.356 e. The van der Waals surface area contributed by atoms with Crippen molar-refractivity contribution in [3.8, 4) is 0 Å². The van der Waals surface area contributed by atoms with Crippen LogP contribution >= 0.6 is 0 Å². The highest BCUT2D eigenvalue weighted by molar-refractivity contribution is 5.85. The van der Waals surface area contributed by atoms with Crippen LogP contribution in [0.1, 0.15) is 50.0 Å². The van der Waals surface area contributed by atoms with Crippen molar-refractivity contribution < 1.29 is 9.90 Å². The number of carboxylic acid groups (broad SMARTS) is 1. The van der Waals surface area contributed by atoms with Crippen LogP contribution in [0.5, 0.6) is 0 Å². The Kier molecular flexibility index (Phi) is 4.02. The van der Waals surface area contributed by atoms with Gasteiger partial charge in [0.25, 0.3) is 0 Å². The van der Waals surface area contributed by atoms with Gasteiger partial charge in [-0.1, -0.05) is 26.7 Å². The van der Waals surface area contributed by atoms with Crippen molar-refractivity contribution in [3.63, 3.8) is 0 Å². The van der Waals surface area contributed by atoms with Gasteiger partial charge in [0, 0.05) is 13.1 Å². The van der Waals surface area contributed by atoms with Gasteiger partial charge in [-0.05, 0) is 18.3 Å². The molecule has 0 aromatic carbocycles. The molecule has 19 heavy (non-hydrogen) atoms. The average Bonchev–Trinajstić information content (AvgIpc) is 2.47. The van der Waals surface area contributed by atoms with Gasteiger partial charge in [0.1, 0.15) is 5.82 Å². The van der Waals surface area contributed by atoms with Gasteiger partial charge in [-0.15, -0.1) is 0 Å². The quantitative estimate of drug-likeness (QED) is 0.904. The molecule has 5 nitrogen and oxygen atoms in total. The molecular formula is C14H21N3O2. The standard InChI is InChI=1S/C14H21N3O2/c1-3-14(4-2)5-7-17(8-6-14)12-10-15-9-11(16-12)13(18)19/h9-10H,3-8H2,1-2H3,(H,18,19). The summed E-state index contributed by atoms with van der Waals surface area (Å²) in [4.78, 5) is 21.2. The summed E-state index contributed by atoms with van der Waals surface area (Å²) in [6, 6.07) is 0. The van der Waals surface area contributed by atoms with Crippen molar-refractivity contribution in [2.45, 2.75) is 39.5 Å². The molecule has 0 aliphatic carbocycles. The predicted octanol–water partition coefficient (Wildman–Crippen LogP) is 2.58. The second-order valence-corrected chi connectivity index (χ2v) is 5.26. The third kappa shape index (κ3) is 2.85. The van der Waals surface area contributed by atoms with Crippen LogP contribution in [-0.4, -0.2) is 34.1 Å². The van der Waals surface area contributed by atoms with E-state index in [1.165, 1.54) is 19.0 Å². The van der Waals surface area contributed by atoms with Gasteiger partial charge in [0.15, 0.2) is 5.69 Å². The van der Waals surface area contributed by atoms with Crippen molar-refractivity contribution in [2.75, 3.05) is 18.0 Å². The number of anilines is 1. The SMILES string of the molecule is CCC1(CC)CCN(c2cncc(C(=O)O)n2)CC1. The predicted molar refractivity (Wildman–Crippen MR) is 73.5 cm³/mol. The highest BCUT2D eigenvalue weighted by Gasteiger charge is 2.31. The second kappa shape index (κ2) is 5.55. The van der Waals surface area contributed by atoms with E-state index in [1.54, 1.807) is 6.20 Å². The molecule has 1 fully saturated rings. The lowest BCUT2D eigenvalue weighted by atomic mass is 9.74. The first-order valence-corrected chi connectivity index (χ1v) is 6.90. The summed E-state index contributed by atoms with van der Waals surface area (Å²) < 4.78 is 0. The average molecular weight is 263 g/mol. The summed E-state index contributed by atoms with van der Waals surface area (Å²) in [7, 11) is 0. The molecule has 1 aliphatic rings. The number of rotatable bonds is 4. The largest absolute Gasteiger partial charge is 0.476 e. The zero-order valence-electron chi connectivity index (χ0n) is 11.6. The Morgan fingerprint density at radius 2 is 1.95 bits per heavy atom. The molecule has 0 unspecified atom stereocenters. The monoisotopic (exact) mass is 263 g/mol. The fourth-order valence-electron chi connectivity index (χ4n) is 2.78. The van der Waals surface area contributed by atoms with Gasteiger partial charge in [0.2, 0.25) is 0 Å². The normalized spacial score (nSPS) is 18.3. The number of aromatic carboxylic acids is 1. The molecule has 0 bridgehead atoms. The maximum Gasteiger partial charge on any atom is 0.356 e. The van der Waals surface area contributed by atoms with Gasteiger partial charge in [-0.25, -0.2) is 9.78 Å². The van der Waals surface area contributed by atoms with Gasteiger partial charge in [-0.3, -0.25) is 4.98 Å². The summed E-state index contributed by atoms with van der Waals surface area (Å²) in [6.07, 6.45) is 7.63. The fraction of sp³-hybridized carbons (Fsp3) is 0.643. The van der Waals surface area contributed by atoms with Crippen molar-refractivity contribution in [1.82, 2.24) is 9.97 Å². The molecule has 0 spiro atoms. The Bertz CT molecular complexity index is 448. The number of aromatic nitrogens is 2. The summed E-state index contributed by atoms with van der Waals surface area (Å²) in [5.41, 5.74) is 0.467. The van der Waals surface area contributed by atoms with Gasteiger partial charge in [-0.2, -0.15) is 0 Å². The molecule has 2 heterocycles. The summed E-state index contributed by atoms with van der Waals surface area (Å²) in [6.45, 7) is 6.37. The fourth-order valence-corrected chi connectivity index (χ4v) is 2.78. The van der Waals surface area contributed by atoms with Crippen molar-refractivity contribution in [3.05, 3.63) is 18.1 Å². The Morgan fingerprint density at radius 3 is 2.47 bits per heavy atom. The first kappa shape index (κ1) is 13.8. The number of hydrogen-bond acceptors (Lipinski definition) is 4. The van der Waals surface area contributed by atoms with E-state index in [4.69, 9.17) is 5.11 Å². The van der Waals surface area contributed by atoms with Gasteiger partial charge < -0.3 is 10.0 Å². The van der Waals surface area contributed by atoms with Crippen molar-refractivity contribution >= 4 is 11.8 Å². The lowest BCUT2D eigenvalue weighted by molar-refractivity contribution is 0.0690. The van der Waals surface area contributed by atoms with Crippen LogP contribution in [-0.2, 0) is 0 Å². The Balaban J connectivity index is 2.09. The minimum Gasteiger partial charge on any atom is -0.476 e. The molecule has 0 radical (unpaired) electrons. The van der Waals surface area contributed by atoms with Crippen molar-refractivity contribution in [1.29, 1.82) is 0 Å². The van der Waals surface area contributed by atoms with Crippen LogP contribution in [0, 0.1) is 5.41 Å². The molecule has 0 atom stereocenters. The lowest BCUT2D eigenvalue weighted by Gasteiger charge is -2.41. The first-order chi connectivity index (χ1) is 9.10. The number of piperidine rings is 1. The summed E-state index contributed by atoms with van der Waals surface area (Å²) >= 11 is 0. The van der Waals surface area contributed by atoms with Crippen LogP contribution < -0.4 is 4.90 Å². The first-order valence-electron chi connectivity index (χ1n) is 6.90. The van der Waals surface area contributed by atoms with Gasteiger partial charge >= 0.3 is 5.97 Å². The maximum atomic E-state index is 10.9. The molecule has 104 valence electrons. The number of carbonyl (C=O) groups is 1. The van der Waals surface area contributed by atoms with E-state index in [0.29, 0.717) is 11.2 Å². The maximum absolute atomic E-state index is 10.9. The summed E-state index contributed by atoms with van der Waals surface area (Å²) in [5, 5.41) is 8.95. The topological polar surface area (TPSA) is 66.3 Å². The zero-order valence-corrected chi connectivity index (χ0v) is 11.6. The molecule has 1 N–H and O–H groups in total. The highest BCUT2D eigenvalue weighted by atomic mass is 16.4. The molecule has 0 saturated carbocycles. The minimum atomic E-state index is -1.03. The Labute approximate surface area is 113 Å². The van der Waals surface area contributed by atoms with E-state index in [9.17, 15) is 4.79 Å². The van der Waals surface area contributed by atoms with Crippen LogP contribution in [0.3, 0.4) is 0 Å². The van der Waals surface area contributed by atoms with E-state index in [-0.39, 0.29) is 5.69 Å². The minimum absolute atomic E-state index is 0.0142. The lowest BCUT2D eigenvalue weighted by Crippen LogP contribution is -2.40. The molecule has 1 aromatic rings. The van der Waals surface area contributed by atoms with Crippen LogP contribution in [0.2, 0.25) is 0 Å². The molecule has 2 rings (SSSR count). The third-order valence-corrected chi connectivity index (χ3v) is 4.49. The Hall–Kier alpha value is -1.65.